The van der Waals surface area contributed by atoms with Crippen LogP contribution in [0.4, 0.5) is 4.39 Å². The van der Waals surface area contributed by atoms with Gasteiger partial charge in [-0.05, 0) is 62.0 Å². The third-order valence-corrected chi connectivity index (χ3v) is 5.95. The van der Waals surface area contributed by atoms with Gasteiger partial charge in [0, 0.05) is 24.7 Å². The molecule has 1 saturated heterocycles. The van der Waals surface area contributed by atoms with E-state index in [0.29, 0.717) is 0 Å². The Kier molecular flexibility index (Phi) is 7.13. The van der Waals surface area contributed by atoms with E-state index in [4.69, 9.17) is 0 Å². The van der Waals surface area contributed by atoms with Gasteiger partial charge in [0.15, 0.2) is 0 Å². The molecule has 26 heavy (non-hydrogen) atoms. The second kappa shape index (κ2) is 9.55. The van der Waals surface area contributed by atoms with Gasteiger partial charge in [0.1, 0.15) is 5.82 Å². The summed E-state index contributed by atoms with van der Waals surface area (Å²) in [6.07, 6.45) is 12.6. The molecule has 1 aromatic heterocycles. The molecule has 3 rings (SSSR count). The second-order valence-electron chi connectivity index (χ2n) is 8.24. The number of hydrogen-bond donors (Lipinski definition) is 0. The fourth-order valence-electron chi connectivity index (χ4n) is 4.18. The molecule has 144 valence electrons. The van der Waals surface area contributed by atoms with Crippen molar-refractivity contribution in [1.29, 1.82) is 0 Å². The molecule has 1 fully saturated rings. The molecule has 0 aliphatic carbocycles. The van der Waals surface area contributed by atoms with Gasteiger partial charge in [0.05, 0.1) is 5.52 Å². The Morgan fingerprint density at radius 3 is 2.54 bits per heavy atom. The zero-order valence-electron chi connectivity index (χ0n) is 16.6. The number of likely N-dealkylation sites (tertiary alicyclic amines) is 1. The van der Waals surface area contributed by atoms with E-state index in [-0.39, 0.29) is 5.82 Å². The van der Waals surface area contributed by atoms with Crippen LogP contribution in [0.3, 0.4) is 0 Å². The Morgan fingerprint density at radius 1 is 1.04 bits per heavy atom. The summed E-state index contributed by atoms with van der Waals surface area (Å²) < 4.78 is 16.1. The van der Waals surface area contributed by atoms with E-state index in [0.717, 1.165) is 24.5 Å². The van der Waals surface area contributed by atoms with Gasteiger partial charge in [-0.3, -0.25) is 4.90 Å². The number of aryl methyl sites for hydroxylation is 1. The summed E-state index contributed by atoms with van der Waals surface area (Å²) >= 11 is 0. The van der Waals surface area contributed by atoms with Crippen molar-refractivity contribution in [2.24, 2.45) is 5.92 Å². The average molecular weight is 359 g/mol. The lowest BCUT2D eigenvalue weighted by atomic mass is 9.99. The predicted octanol–water partition coefficient (Wildman–Crippen LogP) is 6.37. The molecular weight excluding hydrogens is 323 g/mol. The molecule has 0 spiro atoms. The minimum atomic E-state index is -0.127. The molecular formula is C23H35FN2. The van der Waals surface area contributed by atoms with Crippen LogP contribution in [-0.2, 0) is 13.1 Å². The number of benzene rings is 1. The van der Waals surface area contributed by atoms with Crippen molar-refractivity contribution in [3.63, 3.8) is 0 Å². The van der Waals surface area contributed by atoms with Crippen LogP contribution in [0.15, 0.2) is 24.4 Å². The van der Waals surface area contributed by atoms with Crippen LogP contribution < -0.4 is 0 Å². The van der Waals surface area contributed by atoms with Gasteiger partial charge in [-0.25, -0.2) is 4.39 Å². The first-order chi connectivity index (χ1) is 12.7. The van der Waals surface area contributed by atoms with E-state index in [1.807, 2.05) is 6.07 Å². The lowest BCUT2D eigenvalue weighted by Crippen LogP contribution is -2.32. The van der Waals surface area contributed by atoms with Gasteiger partial charge in [0.2, 0.25) is 0 Å². The minimum Gasteiger partial charge on any atom is -0.347 e. The van der Waals surface area contributed by atoms with Crippen LogP contribution in [-0.4, -0.2) is 22.6 Å². The van der Waals surface area contributed by atoms with Crippen molar-refractivity contribution in [1.82, 2.24) is 9.47 Å². The fourth-order valence-corrected chi connectivity index (χ4v) is 4.18. The summed E-state index contributed by atoms with van der Waals surface area (Å²) in [6.45, 7) is 8.98. The predicted molar refractivity (Wildman–Crippen MR) is 109 cm³/mol. The maximum absolute atomic E-state index is 13.8. The van der Waals surface area contributed by atoms with Crippen molar-refractivity contribution in [2.45, 2.75) is 78.3 Å². The first-order valence-electron chi connectivity index (χ1n) is 10.7. The maximum atomic E-state index is 13.8. The van der Waals surface area contributed by atoms with Crippen molar-refractivity contribution in [2.75, 3.05) is 13.1 Å². The monoisotopic (exact) mass is 358 g/mol. The Labute approximate surface area is 158 Å². The third kappa shape index (κ3) is 5.09. The largest absolute Gasteiger partial charge is 0.347 e. The first kappa shape index (κ1) is 19.4. The van der Waals surface area contributed by atoms with E-state index in [9.17, 15) is 4.39 Å². The van der Waals surface area contributed by atoms with Crippen LogP contribution in [0.5, 0.6) is 0 Å². The van der Waals surface area contributed by atoms with Crippen LogP contribution in [0.25, 0.3) is 10.9 Å². The third-order valence-electron chi connectivity index (χ3n) is 5.95. The van der Waals surface area contributed by atoms with E-state index in [1.165, 1.54) is 75.4 Å². The highest BCUT2D eigenvalue weighted by molar-refractivity contribution is 5.84. The summed E-state index contributed by atoms with van der Waals surface area (Å²) in [7, 11) is 0. The van der Waals surface area contributed by atoms with Crippen molar-refractivity contribution in [3.8, 4) is 0 Å². The summed E-state index contributed by atoms with van der Waals surface area (Å²) in [5.41, 5.74) is 2.43. The summed E-state index contributed by atoms with van der Waals surface area (Å²) in [5.74, 6) is 0.729. The number of hydrogen-bond acceptors (Lipinski definition) is 1. The lowest BCUT2D eigenvalue weighted by molar-refractivity contribution is 0.186. The Balaban J connectivity index is 1.66. The summed E-state index contributed by atoms with van der Waals surface area (Å²) in [6, 6.07) is 5.30. The second-order valence-corrected chi connectivity index (χ2v) is 8.24. The molecule has 0 bridgehead atoms. The molecule has 0 radical (unpaired) electrons. The molecule has 0 N–H and O–H groups in total. The number of unbranched alkanes of at least 4 members (excludes halogenated alkanes) is 5. The van der Waals surface area contributed by atoms with Gasteiger partial charge < -0.3 is 4.57 Å². The number of aromatic nitrogens is 1. The van der Waals surface area contributed by atoms with Crippen molar-refractivity contribution >= 4 is 10.9 Å². The standard InChI is InChI=1S/C23H35FN2/c1-3-4-5-6-7-8-13-26-18-20(17-25-14-11-19(2)12-15-25)22-10-9-21(24)16-23(22)26/h9-10,16,18-19H,3-8,11-15,17H2,1-2H3. The molecule has 0 unspecified atom stereocenters. The highest BCUT2D eigenvalue weighted by Gasteiger charge is 2.18. The zero-order chi connectivity index (χ0) is 18.4. The molecule has 0 atom stereocenters. The molecule has 0 amide bonds. The van der Waals surface area contributed by atoms with Gasteiger partial charge in [-0.15, -0.1) is 0 Å². The molecule has 1 aliphatic heterocycles. The number of halogens is 1. The molecule has 1 aliphatic rings. The van der Waals surface area contributed by atoms with Gasteiger partial charge in [-0.2, -0.15) is 0 Å². The number of fused-ring (bicyclic) bond motifs is 1. The molecule has 3 heteroatoms. The number of nitrogens with zero attached hydrogens (tertiary/aromatic N) is 2. The lowest BCUT2D eigenvalue weighted by Gasteiger charge is -2.29. The zero-order valence-corrected chi connectivity index (χ0v) is 16.6. The van der Waals surface area contributed by atoms with Gasteiger partial charge >= 0.3 is 0 Å². The smallest absolute Gasteiger partial charge is 0.125 e. The van der Waals surface area contributed by atoms with Gasteiger partial charge in [0.25, 0.3) is 0 Å². The van der Waals surface area contributed by atoms with Gasteiger partial charge in [-0.1, -0.05) is 46.0 Å². The Bertz CT molecular complexity index is 683. The van der Waals surface area contributed by atoms with Crippen LogP contribution >= 0.6 is 0 Å². The van der Waals surface area contributed by atoms with Crippen LogP contribution in [0, 0.1) is 11.7 Å². The number of rotatable bonds is 9. The molecule has 2 nitrogen and oxygen atoms in total. The van der Waals surface area contributed by atoms with E-state index < -0.39 is 0 Å². The Morgan fingerprint density at radius 2 is 1.77 bits per heavy atom. The topological polar surface area (TPSA) is 8.17 Å². The fraction of sp³-hybridized carbons (Fsp3) is 0.652. The highest BCUT2D eigenvalue weighted by Crippen LogP contribution is 2.26. The number of piperidine rings is 1. The van der Waals surface area contributed by atoms with E-state index in [2.05, 4.69) is 29.5 Å². The SMILES string of the molecule is CCCCCCCCn1cc(CN2CCC(C)CC2)c2ccc(F)cc21. The van der Waals surface area contributed by atoms with Crippen LogP contribution in [0.2, 0.25) is 0 Å². The average Bonchev–Trinajstić information content (AvgIpc) is 2.97. The quantitative estimate of drug-likeness (QED) is 0.473. The Hall–Kier alpha value is -1.35. The summed E-state index contributed by atoms with van der Waals surface area (Å²) in [4.78, 5) is 2.56. The summed E-state index contributed by atoms with van der Waals surface area (Å²) in [5, 5.41) is 1.23. The minimum absolute atomic E-state index is 0.127. The van der Waals surface area contributed by atoms with Crippen LogP contribution in [0.1, 0.15) is 70.8 Å². The molecule has 1 aromatic carbocycles. The highest BCUT2D eigenvalue weighted by atomic mass is 19.1. The van der Waals surface area contributed by atoms with Crippen molar-refractivity contribution in [3.05, 3.63) is 35.8 Å². The molecule has 0 saturated carbocycles. The molecule has 2 heterocycles. The normalized spacial score (nSPS) is 16.6. The molecule has 2 aromatic rings. The van der Waals surface area contributed by atoms with E-state index >= 15 is 0 Å². The van der Waals surface area contributed by atoms with E-state index in [1.54, 1.807) is 12.1 Å². The van der Waals surface area contributed by atoms with Crippen molar-refractivity contribution < 1.29 is 4.39 Å². The maximum Gasteiger partial charge on any atom is 0.125 e. The first-order valence-corrected chi connectivity index (χ1v) is 10.7.